The van der Waals surface area contributed by atoms with Gasteiger partial charge in [0.25, 0.3) is 0 Å². The van der Waals surface area contributed by atoms with Crippen LogP contribution < -0.4 is 5.32 Å². The summed E-state index contributed by atoms with van der Waals surface area (Å²) >= 11 is 0. The molecule has 1 saturated carbocycles. The predicted octanol–water partition coefficient (Wildman–Crippen LogP) is 1.26. The molecule has 0 bridgehead atoms. The number of hydrogen-bond donors (Lipinski definition) is 2. The fourth-order valence-corrected chi connectivity index (χ4v) is 1.67. The molecule has 4 heteroatoms. The van der Waals surface area contributed by atoms with E-state index in [2.05, 4.69) is 5.32 Å². The van der Waals surface area contributed by atoms with Crippen LogP contribution in [0.2, 0.25) is 0 Å². The molecule has 1 aliphatic rings. The van der Waals surface area contributed by atoms with Crippen LogP contribution in [-0.2, 0) is 9.59 Å². The van der Waals surface area contributed by atoms with Crippen LogP contribution in [0.4, 0.5) is 0 Å². The van der Waals surface area contributed by atoms with E-state index in [-0.39, 0.29) is 11.9 Å². The third-order valence-corrected chi connectivity index (χ3v) is 2.81. The van der Waals surface area contributed by atoms with Crippen molar-refractivity contribution in [2.45, 2.75) is 40.2 Å². The number of rotatable bonds is 3. The Morgan fingerprint density at radius 3 is 2.13 bits per heavy atom. The van der Waals surface area contributed by atoms with E-state index in [0.29, 0.717) is 5.92 Å². The highest BCUT2D eigenvalue weighted by Crippen LogP contribution is 2.31. The maximum Gasteiger partial charge on any atom is 0.316 e. The Morgan fingerprint density at radius 2 is 1.87 bits per heavy atom. The van der Waals surface area contributed by atoms with Gasteiger partial charge in [0, 0.05) is 6.04 Å². The summed E-state index contributed by atoms with van der Waals surface area (Å²) in [7, 11) is 0. The molecule has 0 saturated heterocycles. The number of carbonyl (C=O) groups excluding carboxylic acids is 1. The Bertz CT molecular complexity index is 280. The summed E-state index contributed by atoms with van der Waals surface area (Å²) in [5.74, 6) is -1.88. The second kappa shape index (κ2) is 3.83. The lowest BCUT2D eigenvalue weighted by molar-refractivity contribution is -0.151. The van der Waals surface area contributed by atoms with Gasteiger partial charge in [-0.05, 0) is 17.8 Å². The molecule has 0 aromatic heterocycles. The summed E-state index contributed by atoms with van der Waals surface area (Å²) in [6.07, 6.45) is 0.961. The summed E-state index contributed by atoms with van der Waals surface area (Å²) in [5, 5.41) is 11.8. The molecule has 0 aromatic rings. The fourth-order valence-electron chi connectivity index (χ4n) is 1.67. The number of aliphatic carboxylic acids is 1. The van der Waals surface area contributed by atoms with Crippen molar-refractivity contribution >= 4 is 11.9 Å². The molecule has 0 radical (unpaired) electrons. The minimum absolute atomic E-state index is 0.182. The summed E-state index contributed by atoms with van der Waals surface area (Å²) in [4.78, 5) is 22.7. The van der Waals surface area contributed by atoms with Gasteiger partial charge in [0.2, 0.25) is 5.91 Å². The van der Waals surface area contributed by atoms with Gasteiger partial charge in [0.1, 0.15) is 5.92 Å². The van der Waals surface area contributed by atoms with E-state index in [0.717, 1.165) is 6.42 Å². The van der Waals surface area contributed by atoms with Gasteiger partial charge in [-0.15, -0.1) is 0 Å². The Balaban J connectivity index is 2.64. The van der Waals surface area contributed by atoms with Gasteiger partial charge in [-0.2, -0.15) is 0 Å². The fraction of sp³-hybridized carbons (Fsp3) is 0.818. The van der Waals surface area contributed by atoms with Crippen molar-refractivity contribution < 1.29 is 14.7 Å². The highest BCUT2D eigenvalue weighted by atomic mass is 16.4. The first kappa shape index (κ1) is 12.0. The van der Waals surface area contributed by atoms with Crippen molar-refractivity contribution in [3.05, 3.63) is 0 Å². The van der Waals surface area contributed by atoms with Gasteiger partial charge < -0.3 is 10.4 Å². The van der Waals surface area contributed by atoms with E-state index < -0.39 is 17.3 Å². The van der Waals surface area contributed by atoms with Gasteiger partial charge >= 0.3 is 5.97 Å². The Hall–Kier alpha value is -1.06. The monoisotopic (exact) mass is 213 g/mol. The Morgan fingerprint density at radius 1 is 1.40 bits per heavy atom. The molecule has 1 aliphatic carbocycles. The number of carbonyl (C=O) groups is 2. The van der Waals surface area contributed by atoms with E-state index in [1.807, 2.05) is 6.92 Å². The first-order valence-corrected chi connectivity index (χ1v) is 5.26. The first-order chi connectivity index (χ1) is 6.73. The van der Waals surface area contributed by atoms with Crippen LogP contribution in [0.1, 0.15) is 34.1 Å². The lowest BCUT2D eigenvalue weighted by Crippen LogP contribution is -2.43. The summed E-state index contributed by atoms with van der Waals surface area (Å²) in [6.45, 7) is 7.34. The van der Waals surface area contributed by atoms with E-state index >= 15 is 0 Å². The standard InChI is InChI=1S/C11H19NO3/c1-6-5-7(6)12-9(13)8(10(14)15)11(2,3)4/h6-8H,5H2,1-4H3,(H,12,13)(H,14,15). The molecule has 1 amide bonds. The molecule has 0 spiro atoms. The molecule has 86 valence electrons. The molecule has 1 rings (SSSR count). The number of carboxylic acids is 1. The van der Waals surface area contributed by atoms with Crippen molar-refractivity contribution in [1.82, 2.24) is 5.32 Å². The zero-order chi connectivity index (χ0) is 11.8. The summed E-state index contributed by atoms with van der Waals surface area (Å²) < 4.78 is 0. The SMILES string of the molecule is CC1CC1NC(=O)C(C(=O)O)C(C)(C)C. The van der Waals surface area contributed by atoms with Crippen molar-refractivity contribution in [1.29, 1.82) is 0 Å². The Kier molecular flexibility index (Phi) is 3.07. The lowest BCUT2D eigenvalue weighted by Gasteiger charge is -2.25. The highest BCUT2D eigenvalue weighted by molar-refractivity contribution is 5.98. The normalized spacial score (nSPS) is 26.9. The topological polar surface area (TPSA) is 66.4 Å². The molecule has 3 unspecified atom stereocenters. The molecule has 2 N–H and O–H groups in total. The number of carboxylic acid groups (broad SMARTS) is 1. The van der Waals surface area contributed by atoms with Crippen LogP contribution in [0.25, 0.3) is 0 Å². The highest BCUT2D eigenvalue weighted by Gasteiger charge is 2.41. The van der Waals surface area contributed by atoms with Crippen molar-refractivity contribution in [3.8, 4) is 0 Å². The zero-order valence-electron chi connectivity index (χ0n) is 9.70. The first-order valence-electron chi connectivity index (χ1n) is 5.26. The third-order valence-electron chi connectivity index (χ3n) is 2.81. The second-order valence-corrected chi connectivity index (χ2v) is 5.47. The van der Waals surface area contributed by atoms with E-state index in [1.165, 1.54) is 0 Å². The van der Waals surface area contributed by atoms with Crippen LogP contribution in [-0.4, -0.2) is 23.0 Å². The number of hydrogen-bond acceptors (Lipinski definition) is 2. The van der Waals surface area contributed by atoms with Crippen LogP contribution in [0.15, 0.2) is 0 Å². The summed E-state index contributed by atoms with van der Waals surface area (Å²) in [5.41, 5.74) is -0.548. The molecule has 0 aliphatic heterocycles. The zero-order valence-corrected chi connectivity index (χ0v) is 9.70. The number of amides is 1. The van der Waals surface area contributed by atoms with E-state index in [4.69, 9.17) is 5.11 Å². The third kappa shape index (κ3) is 2.94. The van der Waals surface area contributed by atoms with Gasteiger partial charge in [0.15, 0.2) is 0 Å². The lowest BCUT2D eigenvalue weighted by atomic mass is 9.80. The maximum atomic E-state index is 11.7. The summed E-state index contributed by atoms with van der Waals surface area (Å²) in [6, 6.07) is 0.182. The molecule has 4 nitrogen and oxygen atoms in total. The molecule has 3 atom stereocenters. The van der Waals surface area contributed by atoms with Gasteiger partial charge in [-0.25, -0.2) is 0 Å². The minimum Gasteiger partial charge on any atom is -0.481 e. The minimum atomic E-state index is -1.05. The average molecular weight is 213 g/mol. The Labute approximate surface area is 90.0 Å². The van der Waals surface area contributed by atoms with Crippen LogP contribution in [0.3, 0.4) is 0 Å². The van der Waals surface area contributed by atoms with E-state index in [1.54, 1.807) is 20.8 Å². The largest absolute Gasteiger partial charge is 0.481 e. The van der Waals surface area contributed by atoms with Crippen LogP contribution in [0, 0.1) is 17.3 Å². The predicted molar refractivity (Wildman–Crippen MR) is 56.3 cm³/mol. The van der Waals surface area contributed by atoms with Crippen LogP contribution >= 0.6 is 0 Å². The van der Waals surface area contributed by atoms with Gasteiger partial charge in [-0.3, -0.25) is 9.59 Å². The van der Waals surface area contributed by atoms with Crippen molar-refractivity contribution in [2.24, 2.45) is 17.3 Å². The van der Waals surface area contributed by atoms with Crippen LogP contribution in [0.5, 0.6) is 0 Å². The second-order valence-electron chi connectivity index (χ2n) is 5.47. The smallest absolute Gasteiger partial charge is 0.316 e. The van der Waals surface area contributed by atoms with Gasteiger partial charge in [0.05, 0.1) is 0 Å². The maximum absolute atomic E-state index is 11.7. The molecule has 15 heavy (non-hydrogen) atoms. The van der Waals surface area contributed by atoms with Crippen molar-refractivity contribution in [2.75, 3.05) is 0 Å². The van der Waals surface area contributed by atoms with E-state index in [9.17, 15) is 9.59 Å². The molecule has 1 fully saturated rings. The molecular formula is C11H19NO3. The average Bonchev–Trinajstić information content (AvgIpc) is 2.60. The molecular weight excluding hydrogens is 194 g/mol. The quantitative estimate of drug-likeness (QED) is 0.693. The number of nitrogens with one attached hydrogen (secondary N) is 1. The molecule has 0 heterocycles. The van der Waals surface area contributed by atoms with Gasteiger partial charge in [-0.1, -0.05) is 27.7 Å². The van der Waals surface area contributed by atoms with Crippen molar-refractivity contribution in [3.63, 3.8) is 0 Å². The molecule has 0 aromatic carbocycles.